The summed E-state index contributed by atoms with van der Waals surface area (Å²) in [6.07, 6.45) is 0. The molecular weight excluding hydrogens is 325 g/mol. The molecule has 0 bridgehead atoms. The SMILES string of the molecule is N#Cc1cccc(C(=O)OCC(=O)Nc2ccc(F)c(F)c2F)c1. The van der Waals surface area contributed by atoms with Crippen molar-refractivity contribution in [3.8, 4) is 6.07 Å². The second kappa shape index (κ2) is 7.28. The smallest absolute Gasteiger partial charge is 0.338 e. The molecule has 0 aliphatic rings. The molecule has 0 radical (unpaired) electrons. The van der Waals surface area contributed by atoms with Gasteiger partial charge in [0.1, 0.15) is 0 Å². The van der Waals surface area contributed by atoms with E-state index in [-0.39, 0.29) is 11.1 Å². The number of esters is 1. The lowest BCUT2D eigenvalue weighted by molar-refractivity contribution is -0.119. The maximum Gasteiger partial charge on any atom is 0.338 e. The molecule has 1 amide bonds. The first kappa shape index (κ1) is 17.0. The molecule has 0 spiro atoms. The third-order valence-electron chi connectivity index (χ3n) is 2.87. The van der Waals surface area contributed by atoms with Crippen LogP contribution in [-0.2, 0) is 9.53 Å². The molecule has 24 heavy (non-hydrogen) atoms. The first-order chi connectivity index (χ1) is 11.4. The number of amides is 1. The van der Waals surface area contributed by atoms with Gasteiger partial charge in [0, 0.05) is 0 Å². The highest BCUT2D eigenvalue weighted by Crippen LogP contribution is 2.19. The lowest BCUT2D eigenvalue weighted by Crippen LogP contribution is -2.21. The quantitative estimate of drug-likeness (QED) is 0.689. The van der Waals surface area contributed by atoms with Crippen molar-refractivity contribution in [2.24, 2.45) is 0 Å². The van der Waals surface area contributed by atoms with Crippen molar-refractivity contribution in [3.05, 3.63) is 65.0 Å². The van der Waals surface area contributed by atoms with Crippen molar-refractivity contribution >= 4 is 17.6 Å². The topological polar surface area (TPSA) is 79.2 Å². The number of ether oxygens (including phenoxy) is 1. The summed E-state index contributed by atoms with van der Waals surface area (Å²) in [5.74, 6) is -6.48. The number of nitrogens with zero attached hydrogens (tertiary/aromatic N) is 1. The van der Waals surface area contributed by atoms with E-state index in [1.807, 2.05) is 11.4 Å². The molecule has 2 aromatic rings. The molecule has 0 saturated heterocycles. The van der Waals surface area contributed by atoms with E-state index in [0.29, 0.717) is 6.07 Å². The first-order valence-electron chi connectivity index (χ1n) is 6.53. The molecule has 0 aromatic heterocycles. The molecule has 122 valence electrons. The Morgan fingerprint density at radius 2 is 1.88 bits per heavy atom. The fraction of sp³-hybridized carbons (Fsp3) is 0.0625. The summed E-state index contributed by atoms with van der Waals surface area (Å²) < 4.78 is 43.9. The van der Waals surface area contributed by atoms with Gasteiger partial charge in [0.25, 0.3) is 5.91 Å². The maximum atomic E-state index is 13.4. The van der Waals surface area contributed by atoms with Crippen LogP contribution in [0.1, 0.15) is 15.9 Å². The van der Waals surface area contributed by atoms with Crippen molar-refractivity contribution in [2.45, 2.75) is 0 Å². The molecule has 0 saturated carbocycles. The number of rotatable bonds is 4. The number of halogens is 3. The second-order valence-corrected chi connectivity index (χ2v) is 4.54. The third kappa shape index (κ3) is 3.89. The van der Waals surface area contributed by atoms with Gasteiger partial charge < -0.3 is 10.1 Å². The van der Waals surface area contributed by atoms with E-state index >= 15 is 0 Å². The summed E-state index contributed by atoms with van der Waals surface area (Å²) in [6, 6.07) is 8.93. The highest BCUT2D eigenvalue weighted by molar-refractivity contribution is 5.95. The Labute approximate surface area is 134 Å². The van der Waals surface area contributed by atoms with Crippen molar-refractivity contribution in [1.82, 2.24) is 0 Å². The minimum atomic E-state index is -1.72. The average molecular weight is 334 g/mol. The summed E-state index contributed by atoms with van der Waals surface area (Å²) in [6.45, 7) is -0.770. The zero-order valence-electron chi connectivity index (χ0n) is 12.0. The van der Waals surface area contributed by atoms with Crippen LogP contribution in [-0.4, -0.2) is 18.5 Å². The predicted molar refractivity (Wildman–Crippen MR) is 76.4 cm³/mol. The van der Waals surface area contributed by atoms with Gasteiger partial charge in [-0.1, -0.05) is 6.07 Å². The Balaban J connectivity index is 1.97. The molecule has 5 nitrogen and oxygen atoms in total. The van der Waals surface area contributed by atoms with Crippen molar-refractivity contribution < 1.29 is 27.5 Å². The van der Waals surface area contributed by atoms with Gasteiger partial charge in [0.05, 0.1) is 22.9 Å². The summed E-state index contributed by atoms with van der Waals surface area (Å²) in [5.41, 5.74) is -0.292. The number of nitriles is 1. The number of anilines is 1. The third-order valence-corrected chi connectivity index (χ3v) is 2.87. The Bertz CT molecular complexity index is 847. The van der Waals surface area contributed by atoms with E-state index in [9.17, 15) is 22.8 Å². The zero-order valence-corrected chi connectivity index (χ0v) is 12.0. The summed E-state index contributed by atoms with van der Waals surface area (Å²) in [4.78, 5) is 23.3. The monoisotopic (exact) mass is 334 g/mol. The molecule has 0 aliphatic heterocycles. The molecule has 0 aliphatic carbocycles. The standard InChI is InChI=1S/C16H9F3N2O3/c17-11-4-5-12(15(19)14(11)18)21-13(22)8-24-16(23)10-3-1-2-9(6-10)7-20/h1-6H,8H2,(H,21,22). The van der Waals surface area contributed by atoms with Gasteiger partial charge in [-0.3, -0.25) is 4.79 Å². The molecule has 0 heterocycles. The summed E-state index contributed by atoms with van der Waals surface area (Å²) in [5, 5.41) is 10.7. The van der Waals surface area contributed by atoms with E-state index in [2.05, 4.69) is 0 Å². The van der Waals surface area contributed by atoms with Gasteiger partial charge in [0.15, 0.2) is 24.1 Å². The van der Waals surface area contributed by atoms with Crippen LogP contribution in [0, 0.1) is 28.8 Å². The van der Waals surface area contributed by atoms with E-state index in [1.165, 1.54) is 24.3 Å². The maximum absolute atomic E-state index is 13.4. The van der Waals surface area contributed by atoms with Crippen LogP contribution >= 0.6 is 0 Å². The normalized spacial score (nSPS) is 9.92. The molecule has 0 unspecified atom stereocenters. The minimum Gasteiger partial charge on any atom is -0.452 e. The molecule has 2 rings (SSSR count). The van der Waals surface area contributed by atoms with Crippen LogP contribution < -0.4 is 5.32 Å². The largest absolute Gasteiger partial charge is 0.452 e. The number of hydrogen-bond donors (Lipinski definition) is 1. The number of nitrogens with one attached hydrogen (secondary N) is 1. The van der Waals surface area contributed by atoms with Gasteiger partial charge in [-0.15, -0.1) is 0 Å². The summed E-state index contributed by atoms with van der Waals surface area (Å²) >= 11 is 0. The van der Waals surface area contributed by atoms with Crippen LogP contribution in [0.2, 0.25) is 0 Å². The first-order valence-corrected chi connectivity index (χ1v) is 6.53. The van der Waals surface area contributed by atoms with Crippen molar-refractivity contribution in [2.75, 3.05) is 11.9 Å². The molecular formula is C16H9F3N2O3. The fourth-order valence-electron chi connectivity index (χ4n) is 1.74. The number of hydrogen-bond acceptors (Lipinski definition) is 4. The van der Waals surface area contributed by atoms with Gasteiger partial charge in [-0.25, -0.2) is 18.0 Å². The molecule has 0 fully saturated rings. The fourth-order valence-corrected chi connectivity index (χ4v) is 1.74. The molecule has 2 aromatic carbocycles. The van der Waals surface area contributed by atoms with Crippen LogP contribution in [0.3, 0.4) is 0 Å². The van der Waals surface area contributed by atoms with Gasteiger partial charge in [0.2, 0.25) is 0 Å². The van der Waals surface area contributed by atoms with E-state index in [0.717, 1.165) is 6.07 Å². The molecule has 0 atom stereocenters. The lowest BCUT2D eigenvalue weighted by Gasteiger charge is -2.08. The Morgan fingerprint density at radius 3 is 2.58 bits per heavy atom. The predicted octanol–water partition coefficient (Wildman–Crippen LogP) is 2.77. The van der Waals surface area contributed by atoms with Crippen molar-refractivity contribution in [1.29, 1.82) is 5.26 Å². The Morgan fingerprint density at radius 1 is 1.12 bits per heavy atom. The molecule has 8 heteroatoms. The zero-order chi connectivity index (χ0) is 17.7. The Kier molecular flexibility index (Phi) is 5.16. The van der Waals surface area contributed by atoms with Crippen LogP contribution in [0.25, 0.3) is 0 Å². The van der Waals surface area contributed by atoms with Gasteiger partial charge >= 0.3 is 5.97 Å². The van der Waals surface area contributed by atoms with E-state index in [4.69, 9.17) is 10.00 Å². The van der Waals surface area contributed by atoms with Gasteiger partial charge in [-0.05, 0) is 30.3 Å². The Hall–Kier alpha value is -3.34. The minimum absolute atomic E-state index is 0.0563. The highest BCUT2D eigenvalue weighted by atomic mass is 19.2. The number of carbonyl (C=O) groups excluding carboxylic acids is 2. The second-order valence-electron chi connectivity index (χ2n) is 4.54. The van der Waals surface area contributed by atoms with E-state index < -0.39 is 41.6 Å². The summed E-state index contributed by atoms with van der Waals surface area (Å²) in [7, 11) is 0. The number of benzene rings is 2. The molecule has 1 N–H and O–H groups in total. The average Bonchev–Trinajstić information content (AvgIpc) is 2.60. The van der Waals surface area contributed by atoms with Crippen LogP contribution in [0.4, 0.5) is 18.9 Å². The number of carbonyl (C=O) groups is 2. The van der Waals surface area contributed by atoms with Crippen LogP contribution in [0.5, 0.6) is 0 Å². The lowest BCUT2D eigenvalue weighted by atomic mass is 10.1. The van der Waals surface area contributed by atoms with Crippen LogP contribution in [0.15, 0.2) is 36.4 Å². The highest BCUT2D eigenvalue weighted by Gasteiger charge is 2.16. The van der Waals surface area contributed by atoms with Gasteiger partial charge in [-0.2, -0.15) is 5.26 Å². The van der Waals surface area contributed by atoms with E-state index in [1.54, 1.807) is 0 Å². The van der Waals surface area contributed by atoms with Crippen molar-refractivity contribution in [3.63, 3.8) is 0 Å².